The van der Waals surface area contributed by atoms with E-state index in [0.29, 0.717) is 0 Å². The summed E-state index contributed by atoms with van der Waals surface area (Å²) in [5.74, 6) is 0.836. The van der Waals surface area contributed by atoms with Crippen LogP contribution in [0.3, 0.4) is 0 Å². The summed E-state index contributed by atoms with van der Waals surface area (Å²) < 4.78 is 5.15. The summed E-state index contributed by atoms with van der Waals surface area (Å²) in [4.78, 5) is 2.44. The van der Waals surface area contributed by atoms with Gasteiger partial charge in [-0.2, -0.15) is 5.26 Å². The third-order valence-corrected chi connectivity index (χ3v) is 4.05. The van der Waals surface area contributed by atoms with Crippen molar-refractivity contribution in [2.45, 2.75) is 30.8 Å². The van der Waals surface area contributed by atoms with Crippen molar-refractivity contribution in [3.05, 3.63) is 24.3 Å². The first-order chi connectivity index (χ1) is 9.24. The summed E-state index contributed by atoms with van der Waals surface area (Å²) in [6.45, 7) is 1.86. The molecule has 1 saturated heterocycles. The molecule has 1 heterocycles. The Morgan fingerprint density at radius 1 is 1.37 bits per heavy atom. The largest absolute Gasteiger partial charge is 0.497 e. The van der Waals surface area contributed by atoms with Crippen LogP contribution in [-0.2, 0) is 0 Å². The van der Waals surface area contributed by atoms with Crippen molar-refractivity contribution in [3.63, 3.8) is 0 Å². The van der Waals surface area contributed by atoms with Gasteiger partial charge in [-0.3, -0.25) is 4.90 Å². The Labute approximate surface area is 114 Å². The van der Waals surface area contributed by atoms with Gasteiger partial charge in [0, 0.05) is 24.8 Å². The standard InChI is InChI=1S/C15H19N3O/c1-19-14-6-2-12(3-7-14)17-15(10-16)8-9-18(11-15)13-4-5-13/h2-3,6-7,13,17H,4-5,8-9,11H2,1H3. The first-order valence-electron chi connectivity index (χ1n) is 6.82. The van der Waals surface area contributed by atoms with Crippen molar-refractivity contribution in [1.82, 2.24) is 4.90 Å². The highest BCUT2D eigenvalue weighted by atomic mass is 16.5. The molecule has 0 radical (unpaired) electrons. The zero-order valence-electron chi connectivity index (χ0n) is 11.2. The van der Waals surface area contributed by atoms with Crippen LogP contribution >= 0.6 is 0 Å². The van der Waals surface area contributed by atoms with E-state index in [1.54, 1.807) is 7.11 Å². The molecule has 0 amide bonds. The Bertz CT molecular complexity index is 489. The number of likely N-dealkylation sites (tertiary alicyclic amines) is 1. The van der Waals surface area contributed by atoms with Crippen molar-refractivity contribution in [1.29, 1.82) is 5.26 Å². The number of nitrogens with zero attached hydrogens (tertiary/aromatic N) is 2. The van der Waals surface area contributed by atoms with Crippen LogP contribution in [0.15, 0.2) is 24.3 Å². The molecule has 0 bridgehead atoms. The van der Waals surface area contributed by atoms with Crippen LogP contribution in [-0.4, -0.2) is 36.7 Å². The van der Waals surface area contributed by atoms with Gasteiger partial charge in [-0.05, 0) is 43.5 Å². The second-order valence-electron chi connectivity index (χ2n) is 5.50. The Balaban J connectivity index is 1.70. The minimum Gasteiger partial charge on any atom is -0.497 e. The molecular weight excluding hydrogens is 238 g/mol. The maximum atomic E-state index is 9.53. The van der Waals surface area contributed by atoms with Gasteiger partial charge in [0.1, 0.15) is 11.3 Å². The number of ether oxygens (including phenoxy) is 1. The molecule has 4 nitrogen and oxygen atoms in total. The molecule has 1 aliphatic heterocycles. The SMILES string of the molecule is COc1ccc(NC2(C#N)CCN(C3CC3)C2)cc1. The highest BCUT2D eigenvalue weighted by molar-refractivity contribution is 5.50. The molecule has 3 rings (SSSR count). The number of anilines is 1. The van der Waals surface area contributed by atoms with Gasteiger partial charge in [-0.1, -0.05) is 0 Å². The van der Waals surface area contributed by atoms with Gasteiger partial charge in [0.25, 0.3) is 0 Å². The third-order valence-electron chi connectivity index (χ3n) is 4.05. The van der Waals surface area contributed by atoms with E-state index in [2.05, 4.69) is 16.3 Å². The van der Waals surface area contributed by atoms with Crippen LogP contribution in [0.4, 0.5) is 5.69 Å². The van der Waals surface area contributed by atoms with Crippen LogP contribution < -0.4 is 10.1 Å². The summed E-state index contributed by atoms with van der Waals surface area (Å²) in [5.41, 5.74) is 0.553. The highest BCUT2D eigenvalue weighted by Crippen LogP contribution is 2.34. The summed E-state index contributed by atoms with van der Waals surface area (Å²) >= 11 is 0. The molecule has 0 aromatic heterocycles. The maximum Gasteiger partial charge on any atom is 0.139 e. The molecule has 4 heteroatoms. The van der Waals surface area contributed by atoms with Crippen molar-refractivity contribution in [3.8, 4) is 11.8 Å². The average Bonchev–Trinajstić information content (AvgIpc) is 3.22. The number of benzene rings is 1. The molecule has 0 spiro atoms. The van der Waals surface area contributed by atoms with Crippen LogP contribution in [0, 0.1) is 11.3 Å². The molecule has 1 atom stereocenters. The number of hydrogen-bond donors (Lipinski definition) is 1. The van der Waals surface area contributed by atoms with Gasteiger partial charge < -0.3 is 10.1 Å². The van der Waals surface area contributed by atoms with E-state index < -0.39 is 5.54 Å². The van der Waals surface area contributed by atoms with Crippen molar-refractivity contribution in [2.24, 2.45) is 0 Å². The smallest absolute Gasteiger partial charge is 0.139 e. The van der Waals surface area contributed by atoms with E-state index in [1.165, 1.54) is 12.8 Å². The lowest BCUT2D eigenvalue weighted by Crippen LogP contribution is -2.40. The van der Waals surface area contributed by atoms with Gasteiger partial charge >= 0.3 is 0 Å². The fourth-order valence-corrected chi connectivity index (χ4v) is 2.76. The maximum absolute atomic E-state index is 9.53. The number of methoxy groups -OCH3 is 1. The first kappa shape index (κ1) is 12.3. The molecule has 1 N–H and O–H groups in total. The van der Waals surface area contributed by atoms with Gasteiger partial charge in [0.2, 0.25) is 0 Å². The van der Waals surface area contributed by atoms with Crippen LogP contribution in [0.25, 0.3) is 0 Å². The second kappa shape index (κ2) is 4.75. The molecule has 1 unspecified atom stereocenters. The molecule has 2 fully saturated rings. The second-order valence-corrected chi connectivity index (χ2v) is 5.50. The highest BCUT2D eigenvalue weighted by Gasteiger charge is 2.43. The molecule has 100 valence electrons. The van der Waals surface area contributed by atoms with Crippen LogP contribution in [0.5, 0.6) is 5.75 Å². The van der Waals surface area contributed by atoms with E-state index in [-0.39, 0.29) is 0 Å². The molecular formula is C15H19N3O. The number of rotatable bonds is 4. The number of nitrogens with one attached hydrogen (secondary N) is 1. The number of hydrogen-bond acceptors (Lipinski definition) is 4. The summed E-state index contributed by atoms with van der Waals surface area (Å²) in [6, 6.07) is 11.0. The van der Waals surface area contributed by atoms with Gasteiger partial charge in [-0.25, -0.2) is 0 Å². The average molecular weight is 257 g/mol. The van der Waals surface area contributed by atoms with Gasteiger partial charge in [-0.15, -0.1) is 0 Å². The topological polar surface area (TPSA) is 48.3 Å². The van der Waals surface area contributed by atoms with Crippen molar-refractivity contribution < 1.29 is 4.74 Å². The lowest BCUT2D eigenvalue weighted by atomic mass is 10.0. The number of nitriles is 1. The minimum absolute atomic E-state index is 0.433. The third kappa shape index (κ3) is 2.52. The first-order valence-corrected chi connectivity index (χ1v) is 6.82. The molecule has 19 heavy (non-hydrogen) atoms. The summed E-state index contributed by atoms with van der Waals surface area (Å²) in [5, 5.41) is 12.9. The lowest BCUT2D eigenvalue weighted by molar-refractivity contribution is 0.319. The quantitative estimate of drug-likeness (QED) is 0.898. The lowest BCUT2D eigenvalue weighted by Gasteiger charge is -2.24. The van der Waals surface area contributed by atoms with E-state index in [9.17, 15) is 5.26 Å². The van der Waals surface area contributed by atoms with E-state index in [1.807, 2.05) is 24.3 Å². The zero-order valence-corrected chi connectivity index (χ0v) is 11.2. The molecule has 1 saturated carbocycles. The molecule has 1 aromatic carbocycles. The normalized spacial score (nSPS) is 26.9. The summed E-state index contributed by atoms with van der Waals surface area (Å²) in [7, 11) is 1.66. The van der Waals surface area contributed by atoms with Crippen LogP contribution in [0.2, 0.25) is 0 Å². The van der Waals surface area contributed by atoms with E-state index in [0.717, 1.165) is 37.0 Å². The minimum atomic E-state index is -0.433. The van der Waals surface area contributed by atoms with Crippen molar-refractivity contribution in [2.75, 3.05) is 25.5 Å². The molecule has 1 aromatic rings. The fourth-order valence-electron chi connectivity index (χ4n) is 2.76. The molecule has 2 aliphatic rings. The van der Waals surface area contributed by atoms with Gasteiger partial charge in [0.15, 0.2) is 0 Å². The van der Waals surface area contributed by atoms with E-state index in [4.69, 9.17) is 4.74 Å². The Hall–Kier alpha value is -1.73. The Kier molecular flexibility index (Phi) is 3.08. The van der Waals surface area contributed by atoms with Crippen LogP contribution in [0.1, 0.15) is 19.3 Å². The molecule has 1 aliphatic carbocycles. The monoisotopic (exact) mass is 257 g/mol. The fraction of sp³-hybridized carbons (Fsp3) is 0.533. The predicted molar refractivity (Wildman–Crippen MR) is 74.2 cm³/mol. The zero-order chi connectivity index (χ0) is 13.3. The van der Waals surface area contributed by atoms with Crippen molar-refractivity contribution >= 4 is 5.69 Å². The Morgan fingerprint density at radius 2 is 2.11 bits per heavy atom. The Morgan fingerprint density at radius 3 is 2.68 bits per heavy atom. The van der Waals surface area contributed by atoms with E-state index >= 15 is 0 Å². The summed E-state index contributed by atoms with van der Waals surface area (Å²) in [6.07, 6.45) is 3.49. The predicted octanol–water partition coefficient (Wildman–Crippen LogP) is 2.24. The van der Waals surface area contributed by atoms with Gasteiger partial charge in [0.05, 0.1) is 13.2 Å².